The van der Waals surface area contributed by atoms with E-state index < -0.39 is 0 Å². The van der Waals surface area contributed by atoms with Crippen molar-refractivity contribution in [3.8, 4) is 0 Å². The molecule has 0 aliphatic rings. The number of carbonyl (C=O) groups is 1. The van der Waals surface area contributed by atoms with Gasteiger partial charge in [-0.05, 0) is 43.3 Å². The van der Waals surface area contributed by atoms with E-state index in [1.54, 1.807) is 0 Å². The molecular formula is C18H22N2O2S. The van der Waals surface area contributed by atoms with E-state index in [9.17, 15) is 4.79 Å². The van der Waals surface area contributed by atoms with Gasteiger partial charge in [0.05, 0.1) is 12.4 Å². The van der Waals surface area contributed by atoms with Gasteiger partial charge in [0.15, 0.2) is 0 Å². The Hall–Kier alpha value is -1.98. The Morgan fingerprint density at radius 1 is 1.13 bits per heavy atom. The van der Waals surface area contributed by atoms with Crippen LogP contribution in [0.5, 0.6) is 0 Å². The Morgan fingerprint density at radius 2 is 1.78 bits per heavy atom. The van der Waals surface area contributed by atoms with E-state index in [4.69, 9.17) is 5.11 Å². The minimum absolute atomic E-state index is 0.0213. The second-order valence-electron chi connectivity index (χ2n) is 5.34. The van der Waals surface area contributed by atoms with Gasteiger partial charge in [-0.25, -0.2) is 0 Å². The molecule has 0 aromatic heterocycles. The molecule has 0 heterocycles. The highest BCUT2D eigenvalue weighted by atomic mass is 32.2. The summed E-state index contributed by atoms with van der Waals surface area (Å²) >= 11 is 1.52. The molecule has 0 saturated heterocycles. The molecule has 0 radical (unpaired) electrons. The SMILES string of the molecule is Cc1ccc(SCC(=O)Nc2ccc(N(C)CCO)cc2)cc1. The maximum absolute atomic E-state index is 12.0. The Bertz CT molecular complexity index is 626. The quantitative estimate of drug-likeness (QED) is 0.766. The Balaban J connectivity index is 1.84. The Morgan fingerprint density at radius 3 is 2.39 bits per heavy atom. The first kappa shape index (κ1) is 17.4. The second kappa shape index (κ2) is 8.60. The van der Waals surface area contributed by atoms with Crippen molar-refractivity contribution in [2.75, 3.05) is 36.2 Å². The lowest BCUT2D eigenvalue weighted by Gasteiger charge is -2.18. The van der Waals surface area contributed by atoms with Crippen molar-refractivity contribution in [3.05, 3.63) is 54.1 Å². The third kappa shape index (κ3) is 5.62. The van der Waals surface area contributed by atoms with Gasteiger partial charge in [0, 0.05) is 29.9 Å². The summed E-state index contributed by atoms with van der Waals surface area (Å²) in [5.41, 5.74) is 3.00. The maximum atomic E-state index is 12.0. The highest BCUT2D eigenvalue weighted by Crippen LogP contribution is 2.20. The van der Waals surface area contributed by atoms with Crippen LogP contribution in [-0.2, 0) is 4.79 Å². The van der Waals surface area contributed by atoms with Crippen molar-refractivity contribution >= 4 is 29.0 Å². The number of aliphatic hydroxyl groups is 1. The molecule has 0 atom stereocenters. The van der Waals surface area contributed by atoms with Crippen molar-refractivity contribution in [2.24, 2.45) is 0 Å². The first-order valence-electron chi connectivity index (χ1n) is 7.50. The van der Waals surface area contributed by atoms with Gasteiger partial charge in [-0.15, -0.1) is 11.8 Å². The predicted molar refractivity (Wildman–Crippen MR) is 97.3 cm³/mol. The molecule has 0 unspecified atom stereocenters. The van der Waals surface area contributed by atoms with E-state index in [1.807, 2.05) is 67.4 Å². The molecule has 122 valence electrons. The van der Waals surface area contributed by atoms with E-state index in [2.05, 4.69) is 5.32 Å². The number of nitrogens with one attached hydrogen (secondary N) is 1. The van der Waals surface area contributed by atoms with Gasteiger partial charge in [-0.1, -0.05) is 17.7 Å². The van der Waals surface area contributed by atoms with Crippen molar-refractivity contribution in [1.82, 2.24) is 0 Å². The summed E-state index contributed by atoms with van der Waals surface area (Å²) in [6, 6.07) is 15.7. The zero-order chi connectivity index (χ0) is 16.7. The number of carbonyl (C=O) groups excluding carboxylic acids is 1. The molecule has 2 aromatic carbocycles. The van der Waals surface area contributed by atoms with Gasteiger partial charge in [-0.3, -0.25) is 4.79 Å². The lowest BCUT2D eigenvalue weighted by molar-refractivity contribution is -0.113. The number of aliphatic hydroxyl groups excluding tert-OH is 1. The number of nitrogens with zero attached hydrogens (tertiary/aromatic N) is 1. The van der Waals surface area contributed by atoms with Gasteiger partial charge in [0.1, 0.15) is 0 Å². The summed E-state index contributed by atoms with van der Waals surface area (Å²) in [4.78, 5) is 15.0. The molecule has 2 aromatic rings. The summed E-state index contributed by atoms with van der Waals surface area (Å²) < 4.78 is 0. The lowest BCUT2D eigenvalue weighted by atomic mass is 10.2. The van der Waals surface area contributed by atoms with Crippen LogP contribution in [-0.4, -0.2) is 37.0 Å². The van der Waals surface area contributed by atoms with Crippen molar-refractivity contribution < 1.29 is 9.90 Å². The summed E-state index contributed by atoms with van der Waals surface area (Å²) in [6.45, 7) is 2.74. The normalized spacial score (nSPS) is 10.4. The van der Waals surface area contributed by atoms with Crippen LogP contribution in [0.4, 0.5) is 11.4 Å². The first-order chi connectivity index (χ1) is 11.1. The van der Waals surface area contributed by atoms with Crippen LogP contribution in [0.1, 0.15) is 5.56 Å². The van der Waals surface area contributed by atoms with Crippen LogP contribution < -0.4 is 10.2 Å². The van der Waals surface area contributed by atoms with Crippen molar-refractivity contribution in [2.45, 2.75) is 11.8 Å². The molecule has 0 fully saturated rings. The molecule has 0 aliphatic carbocycles. The number of hydrogen-bond acceptors (Lipinski definition) is 4. The molecule has 2 N–H and O–H groups in total. The topological polar surface area (TPSA) is 52.6 Å². The molecule has 1 amide bonds. The number of amides is 1. The average Bonchev–Trinajstić information content (AvgIpc) is 2.55. The van der Waals surface area contributed by atoms with Crippen LogP contribution >= 0.6 is 11.8 Å². The van der Waals surface area contributed by atoms with Gasteiger partial charge >= 0.3 is 0 Å². The fraction of sp³-hybridized carbons (Fsp3) is 0.278. The highest BCUT2D eigenvalue weighted by molar-refractivity contribution is 8.00. The Labute approximate surface area is 141 Å². The van der Waals surface area contributed by atoms with Crippen molar-refractivity contribution in [1.29, 1.82) is 0 Å². The summed E-state index contributed by atoms with van der Waals surface area (Å²) in [5.74, 6) is 0.363. The summed E-state index contributed by atoms with van der Waals surface area (Å²) in [6.07, 6.45) is 0. The monoisotopic (exact) mass is 330 g/mol. The molecule has 4 nitrogen and oxygen atoms in total. The third-order valence-electron chi connectivity index (χ3n) is 3.42. The van der Waals surface area contributed by atoms with Crippen LogP contribution in [0.2, 0.25) is 0 Å². The van der Waals surface area contributed by atoms with E-state index in [0.29, 0.717) is 12.3 Å². The molecule has 0 bridgehead atoms. The number of likely N-dealkylation sites (N-methyl/N-ethyl adjacent to an activating group) is 1. The van der Waals surface area contributed by atoms with Gasteiger partial charge < -0.3 is 15.3 Å². The number of anilines is 2. The standard InChI is InChI=1S/C18H22N2O2S/c1-14-3-9-17(10-4-14)23-13-18(22)19-15-5-7-16(8-6-15)20(2)11-12-21/h3-10,21H,11-13H2,1-2H3,(H,19,22). The molecule has 5 heteroatoms. The maximum Gasteiger partial charge on any atom is 0.234 e. The lowest BCUT2D eigenvalue weighted by Crippen LogP contribution is -2.21. The van der Waals surface area contributed by atoms with Crippen LogP contribution in [0, 0.1) is 6.92 Å². The number of aryl methyl sites for hydroxylation is 1. The summed E-state index contributed by atoms with van der Waals surface area (Å²) in [5, 5.41) is 11.8. The van der Waals surface area contributed by atoms with Gasteiger partial charge in [-0.2, -0.15) is 0 Å². The molecule has 2 rings (SSSR count). The number of rotatable bonds is 7. The zero-order valence-electron chi connectivity index (χ0n) is 13.5. The average molecular weight is 330 g/mol. The van der Waals surface area contributed by atoms with Crippen LogP contribution in [0.25, 0.3) is 0 Å². The molecular weight excluding hydrogens is 308 g/mol. The number of benzene rings is 2. The molecule has 0 spiro atoms. The zero-order valence-corrected chi connectivity index (χ0v) is 14.3. The summed E-state index contributed by atoms with van der Waals surface area (Å²) in [7, 11) is 1.92. The van der Waals surface area contributed by atoms with E-state index in [0.717, 1.165) is 16.3 Å². The van der Waals surface area contributed by atoms with Gasteiger partial charge in [0.25, 0.3) is 0 Å². The molecule has 23 heavy (non-hydrogen) atoms. The van der Waals surface area contributed by atoms with Gasteiger partial charge in [0.2, 0.25) is 5.91 Å². The van der Waals surface area contributed by atoms with Crippen molar-refractivity contribution in [3.63, 3.8) is 0 Å². The first-order valence-corrected chi connectivity index (χ1v) is 8.48. The van der Waals surface area contributed by atoms with E-state index in [1.165, 1.54) is 17.3 Å². The van der Waals surface area contributed by atoms with E-state index >= 15 is 0 Å². The Kier molecular flexibility index (Phi) is 6.50. The molecule has 0 saturated carbocycles. The minimum atomic E-state index is -0.0213. The fourth-order valence-corrected chi connectivity index (χ4v) is 2.76. The number of hydrogen-bond donors (Lipinski definition) is 2. The van der Waals surface area contributed by atoms with E-state index in [-0.39, 0.29) is 12.5 Å². The largest absolute Gasteiger partial charge is 0.395 e. The smallest absolute Gasteiger partial charge is 0.234 e. The predicted octanol–water partition coefficient (Wildman–Crippen LogP) is 3.15. The third-order valence-corrected chi connectivity index (χ3v) is 4.43. The highest BCUT2D eigenvalue weighted by Gasteiger charge is 2.05. The van der Waals surface area contributed by atoms with Crippen LogP contribution in [0.3, 0.4) is 0 Å². The minimum Gasteiger partial charge on any atom is -0.395 e. The second-order valence-corrected chi connectivity index (χ2v) is 6.39. The van der Waals surface area contributed by atoms with Crippen LogP contribution in [0.15, 0.2) is 53.4 Å². The fourth-order valence-electron chi connectivity index (χ4n) is 2.06. The number of thioether (sulfide) groups is 1. The molecule has 0 aliphatic heterocycles.